The average Bonchev–Trinajstić information content (AvgIpc) is 2.74. The lowest BCUT2D eigenvalue weighted by Crippen LogP contribution is -1.85. The number of nitrogens with one attached hydrogen (secondary N) is 1. The van der Waals surface area contributed by atoms with Crippen molar-refractivity contribution in [1.82, 2.24) is 19.6 Å². The van der Waals surface area contributed by atoms with Gasteiger partial charge in [0.05, 0.1) is 11.9 Å². The predicted octanol–water partition coefficient (Wildman–Crippen LogP) is 1.37. The fraction of sp³-hybridized carbons (Fsp3) is 0. The Morgan fingerprint density at radius 1 is 1.50 bits per heavy atom. The standard InChI is InChI=1S/C8H7N5S/c9-7-12-13-4-6(11-8(13)14-7)5-1-2-10-3-5/h1-4,10H,(H2,9,12). The molecule has 3 rings (SSSR count). The highest BCUT2D eigenvalue weighted by atomic mass is 32.1. The van der Waals surface area contributed by atoms with Crippen molar-refractivity contribution in [2.75, 3.05) is 5.73 Å². The van der Waals surface area contributed by atoms with Gasteiger partial charge < -0.3 is 10.7 Å². The van der Waals surface area contributed by atoms with Gasteiger partial charge in [-0.25, -0.2) is 9.50 Å². The van der Waals surface area contributed by atoms with Crippen LogP contribution in [0, 0.1) is 0 Å². The van der Waals surface area contributed by atoms with Gasteiger partial charge in [-0.1, -0.05) is 11.3 Å². The van der Waals surface area contributed by atoms with Crippen molar-refractivity contribution in [3.8, 4) is 11.3 Å². The molecule has 0 bridgehead atoms. The van der Waals surface area contributed by atoms with E-state index in [0.29, 0.717) is 5.13 Å². The second-order valence-corrected chi connectivity index (χ2v) is 3.88. The summed E-state index contributed by atoms with van der Waals surface area (Å²) in [5.74, 6) is 0. The van der Waals surface area contributed by atoms with E-state index in [0.717, 1.165) is 16.2 Å². The Balaban J connectivity index is 2.20. The van der Waals surface area contributed by atoms with Crippen molar-refractivity contribution in [1.29, 1.82) is 0 Å². The van der Waals surface area contributed by atoms with Crippen molar-refractivity contribution in [2.24, 2.45) is 0 Å². The second-order valence-electron chi connectivity index (χ2n) is 2.89. The lowest BCUT2D eigenvalue weighted by atomic mass is 10.3. The number of nitrogens with zero attached hydrogens (tertiary/aromatic N) is 3. The average molecular weight is 205 g/mol. The Morgan fingerprint density at radius 2 is 2.43 bits per heavy atom. The Bertz CT molecular complexity index is 530. The molecule has 70 valence electrons. The highest BCUT2D eigenvalue weighted by Crippen LogP contribution is 2.22. The number of fused-ring (bicyclic) bond motifs is 1. The van der Waals surface area contributed by atoms with Crippen LogP contribution in [0.1, 0.15) is 0 Å². The van der Waals surface area contributed by atoms with Crippen LogP contribution in [0.4, 0.5) is 5.13 Å². The first-order chi connectivity index (χ1) is 6.83. The van der Waals surface area contributed by atoms with Crippen LogP contribution in [0.15, 0.2) is 24.7 Å². The molecule has 0 radical (unpaired) electrons. The van der Waals surface area contributed by atoms with E-state index >= 15 is 0 Å². The largest absolute Gasteiger partial charge is 0.374 e. The number of H-pyrrole nitrogens is 1. The van der Waals surface area contributed by atoms with Gasteiger partial charge in [-0.2, -0.15) is 0 Å². The van der Waals surface area contributed by atoms with E-state index in [2.05, 4.69) is 15.1 Å². The monoisotopic (exact) mass is 205 g/mol. The Kier molecular flexibility index (Phi) is 1.40. The minimum atomic E-state index is 0.535. The quantitative estimate of drug-likeness (QED) is 0.630. The molecule has 5 nitrogen and oxygen atoms in total. The third-order valence-electron chi connectivity index (χ3n) is 1.95. The van der Waals surface area contributed by atoms with Crippen LogP contribution >= 0.6 is 11.3 Å². The maximum Gasteiger partial charge on any atom is 0.214 e. The van der Waals surface area contributed by atoms with Crippen molar-refractivity contribution in [3.63, 3.8) is 0 Å². The molecule has 3 aromatic rings. The number of hydrogen-bond donors (Lipinski definition) is 2. The van der Waals surface area contributed by atoms with Crippen molar-refractivity contribution in [2.45, 2.75) is 0 Å². The first-order valence-corrected chi connectivity index (χ1v) is 4.89. The number of imidazole rings is 1. The molecule has 3 heterocycles. The number of anilines is 1. The molecule has 0 atom stereocenters. The number of nitrogens with two attached hydrogens (primary N) is 1. The van der Waals surface area contributed by atoms with E-state index in [1.165, 1.54) is 11.3 Å². The molecule has 0 saturated carbocycles. The van der Waals surface area contributed by atoms with Crippen LogP contribution in [0.3, 0.4) is 0 Å². The SMILES string of the molecule is Nc1nn2cc(-c3cc[nH]c3)nc2s1. The fourth-order valence-electron chi connectivity index (χ4n) is 1.34. The first kappa shape index (κ1) is 7.57. The van der Waals surface area contributed by atoms with Crippen LogP contribution < -0.4 is 5.73 Å². The number of rotatable bonds is 1. The number of nitrogen functional groups attached to an aromatic ring is 1. The smallest absolute Gasteiger partial charge is 0.214 e. The number of aromatic nitrogens is 4. The topological polar surface area (TPSA) is 72.0 Å². The summed E-state index contributed by atoms with van der Waals surface area (Å²) in [4.78, 5) is 8.20. The van der Waals surface area contributed by atoms with Crippen LogP contribution in [-0.2, 0) is 0 Å². The lowest BCUT2D eigenvalue weighted by Gasteiger charge is -1.85. The summed E-state index contributed by atoms with van der Waals surface area (Å²) in [5, 5.41) is 4.62. The van der Waals surface area contributed by atoms with Crippen molar-refractivity contribution in [3.05, 3.63) is 24.7 Å². The Morgan fingerprint density at radius 3 is 3.14 bits per heavy atom. The number of aromatic amines is 1. The zero-order chi connectivity index (χ0) is 9.54. The molecule has 0 spiro atoms. The third kappa shape index (κ3) is 1.01. The summed E-state index contributed by atoms with van der Waals surface area (Å²) in [7, 11) is 0. The lowest BCUT2D eigenvalue weighted by molar-refractivity contribution is 0.981. The molecule has 6 heteroatoms. The van der Waals surface area contributed by atoms with Crippen LogP contribution in [0.25, 0.3) is 16.2 Å². The normalized spacial score (nSPS) is 11.1. The molecular weight excluding hydrogens is 198 g/mol. The predicted molar refractivity (Wildman–Crippen MR) is 55.1 cm³/mol. The van der Waals surface area contributed by atoms with Crippen LogP contribution in [-0.4, -0.2) is 19.6 Å². The molecular formula is C8H7N5S. The molecule has 0 amide bonds. The van der Waals surface area contributed by atoms with E-state index in [4.69, 9.17) is 5.73 Å². The van der Waals surface area contributed by atoms with Gasteiger partial charge in [-0.15, -0.1) is 5.10 Å². The van der Waals surface area contributed by atoms with Gasteiger partial charge >= 0.3 is 0 Å². The Hall–Kier alpha value is -1.82. The molecule has 3 N–H and O–H groups in total. The second kappa shape index (κ2) is 2.58. The molecule has 0 aromatic carbocycles. The molecule has 0 aliphatic rings. The van der Waals surface area contributed by atoms with Crippen molar-refractivity contribution >= 4 is 21.4 Å². The molecule has 0 saturated heterocycles. The fourth-order valence-corrected chi connectivity index (χ4v) is 1.98. The molecule has 0 aliphatic heterocycles. The third-order valence-corrected chi connectivity index (χ3v) is 2.70. The van der Waals surface area contributed by atoms with Crippen LogP contribution in [0.2, 0.25) is 0 Å². The van der Waals surface area contributed by atoms with Gasteiger partial charge in [0.25, 0.3) is 0 Å². The van der Waals surface area contributed by atoms with Gasteiger partial charge in [0.15, 0.2) is 0 Å². The Labute approximate surface area is 83.2 Å². The summed E-state index contributed by atoms with van der Waals surface area (Å²) in [6, 6.07) is 1.97. The van der Waals surface area contributed by atoms with E-state index < -0.39 is 0 Å². The molecule has 0 aliphatic carbocycles. The molecule has 0 unspecified atom stereocenters. The van der Waals surface area contributed by atoms with Crippen LogP contribution in [0.5, 0.6) is 0 Å². The maximum absolute atomic E-state index is 5.54. The maximum atomic E-state index is 5.54. The van der Waals surface area contributed by atoms with E-state index in [9.17, 15) is 0 Å². The highest BCUT2D eigenvalue weighted by Gasteiger charge is 2.07. The van der Waals surface area contributed by atoms with Gasteiger partial charge in [-0.05, 0) is 6.07 Å². The van der Waals surface area contributed by atoms with Gasteiger partial charge in [-0.3, -0.25) is 0 Å². The van der Waals surface area contributed by atoms with E-state index in [1.807, 2.05) is 24.7 Å². The first-order valence-electron chi connectivity index (χ1n) is 4.08. The van der Waals surface area contributed by atoms with E-state index in [1.54, 1.807) is 4.52 Å². The molecule has 14 heavy (non-hydrogen) atoms. The summed E-state index contributed by atoms with van der Waals surface area (Å²) in [5.41, 5.74) is 7.51. The zero-order valence-electron chi connectivity index (χ0n) is 7.14. The minimum absolute atomic E-state index is 0.535. The van der Waals surface area contributed by atoms with Crippen molar-refractivity contribution < 1.29 is 0 Å². The molecule has 3 aromatic heterocycles. The summed E-state index contributed by atoms with van der Waals surface area (Å²) in [6.07, 6.45) is 5.63. The zero-order valence-corrected chi connectivity index (χ0v) is 7.95. The van der Waals surface area contributed by atoms with Gasteiger partial charge in [0, 0.05) is 18.0 Å². The number of hydrogen-bond acceptors (Lipinski definition) is 4. The van der Waals surface area contributed by atoms with E-state index in [-0.39, 0.29) is 0 Å². The van der Waals surface area contributed by atoms with Gasteiger partial charge in [0.2, 0.25) is 10.1 Å². The highest BCUT2D eigenvalue weighted by molar-refractivity contribution is 7.20. The van der Waals surface area contributed by atoms with Gasteiger partial charge in [0.1, 0.15) is 0 Å². The minimum Gasteiger partial charge on any atom is -0.374 e. The molecule has 0 fully saturated rings. The summed E-state index contributed by atoms with van der Waals surface area (Å²) >= 11 is 1.38. The summed E-state index contributed by atoms with van der Waals surface area (Å²) < 4.78 is 1.70. The summed E-state index contributed by atoms with van der Waals surface area (Å²) in [6.45, 7) is 0.